The maximum atomic E-state index is 11.7. The Bertz CT molecular complexity index is 388. The van der Waals surface area contributed by atoms with Crippen molar-refractivity contribution in [1.82, 2.24) is 5.32 Å². The molecule has 27 heavy (non-hydrogen) atoms. The molecule has 0 aliphatic rings. The molecule has 0 aromatic rings. The Balaban J connectivity index is 3.60. The molecule has 0 saturated carbocycles. The van der Waals surface area contributed by atoms with Gasteiger partial charge in [-0.3, -0.25) is 0 Å². The number of allylic oxidation sites excluding steroid dienone is 1. The lowest BCUT2D eigenvalue weighted by Crippen LogP contribution is -2.43. The zero-order chi connectivity index (χ0) is 20.5. The molecule has 2 atom stereocenters. The van der Waals surface area contributed by atoms with Gasteiger partial charge in [0.25, 0.3) is 0 Å². The van der Waals surface area contributed by atoms with Crippen molar-refractivity contribution in [3.05, 3.63) is 12.2 Å². The SMILES string of the molecule is CCCCCCCCCCCCC/C=C/C(O)[C@@H](C)NC(=O)OC(C)(C)C. The van der Waals surface area contributed by atoms with E-state index in [1.54, 1.807) is 13.0 Å². The molecule has 1 unspecified atom stereocenters. The second-order valence-electron chi connectivity index (χ2n) is 8.68. The van der Waals surface area contributed by atoms with E-state index in [0.717, 1.165) is 12.8 Å². The van der Waals surface area contributed by atoms with Gasteiger partial charge in [-0.1, -0.05) is 83.3 Å². The van der Waals surface area contributed by atoms with Crippen LogP contribution in [0.25, 0.3) is 0 Å². The number of ether oxygens (including phenoxy) is 1. The largest absolute Gasteiger partial charge is 0.444 e. The fourth-order valence-electron chi connectivity index (χ4n) is 2.91. The molecule has 0 aromatic carbocycles. The van der Waals surface area contributed by atoms with E-state index < -0.39 is 17.8 Å². The van der Waals surface area contributed by atoms with Gasteiger partial charge in [-0.2, -0.15) is 0 Å². The van der Waals surface area contributed by atoms with E-state index in [0.29, 0.717) is 0 Å². The lowest BCUT2D eigenvalue weighted by Gasteiger charge is -2.23. The molecule has 4 nitrogen and oxygen atoms in total. The Hall–Kier alpha value is -1.03. The summed E-state index contributed by atoms with van der Waals surface area (Å²) in [6.07, 6.45) is 18.3. The third-order valence-electron chi connectivity index (χ3n) is 4.56. The van der Waals surface area contributed by atoms with Crippen LogP contribution in [0.3, 0.4) is 0 Å². The number of rotatable bonds is 15. The van der Waals surface area contributed by atoms with E-state index in [-0.39, 0.29) is 6.04 Å². The number of amides is 1. The molecule has 0 saturated heterocycles. The second kappa shape index (κ2) is 16.0. The molecule has 1 amide bonds. The van der Waals surface area contributed by atoms with Crippen molar-refractivity contribution in [2.24, 2.45) is 0 Å². The van der Waals surface area contributed by atoms with Crippen molar-refractivity contribution in [1.29, 1.82) is 0 Å². The number of carbonyl (C=O) groups is 1. The van der Waals surface area contributed by atoms with Crippen LogP contribution in [0.4, 0.5) is 4.79 Å². The molecule has 0 radical (unpaired) electrons. The molecule has 0 bridgehead atoms. The van der Waals surface area contributed by atoms with Gasteiger partial charge in [0, 0.05) is 0 Å². The van der Waals surface area contributed by atoms with Crippen LogP contribution in [0.15, 0.2) is 12.2 Å². The summed E-state index contributed by atoms with van der Waals surface area (Å²) in [6, 6.07) is -0.367. The molecule has 0 heterocycles. The predicted molar refractivity (Wildman–Crippen MR) is 115 cm³/mol. The maximum Gasteiger partial charge on any atom is 0.407 e. The quantitative estimate of drug-likeness (QED) is 0.250. The van der Waals surface area contributed by atoms with E-state index in [9.17, 15) is 9.90 Å². The smallest absolute Gasteiger partial charge is 0.407 e. The maximum absolute atomic E-state index is 11.7. The van der Waals surface area contributed by atoms with Gasteiger partial charge in [0.15, 0.2) is 0 Å². The molecular formula is C23H45NO3. The van der Waals surface area contributed by atoms with E-state index in [2.05, 4.69) is 12.2 Å². The number of hydrogen-bond donors (Lipinski definition) is 2. The fourth-order valence-corrected chi connectivity index (χ4v) is 2.91. The standard InChI is InChI=1S/C23H45NO3/c1-6-7-8-9-10-11-12-13-14-15-16-17-18-19-21(25)20(2)24-22(26)27-23(3,4)5/h18-21,25H,6-17H2,1-5H3,(H,24,26)/b19-18+/t20-,21?/m1/s1. The molecule has 0 rings (SSSR count). The summed E-state index contributed by atoms with van der Waals surface area (Å²) in [6.45, 7) is 9.50. The number of carbonyl (C=O) groups excluding carboxylic acids is 1. The minimum Gasteiger partial charge on any atom is -0.444 e. The van der Waals surface area contributed by atoms with Gasteiger partial charge in [-0.05, 0) is 40.5 Å². The monoisotopic (exact) mass is 383 g/mol. The lowest BCUT2D eigenvalue weighted by atomic mass is 10.0. The predicted octanol–water partition coefficient (Wildman–Crippen LogP) is 6.52. The number of hydrogen-bond acceptors (Lipinski definition) is 3. The van der Waals surface area contributed by atoms with Crippen molar-refractivity contribution < 1.29 is 14.6 Å². The summed E-state index contributed by atoms with van der Waals surface area (Å²) in [7, 11) is 0. The van der Waals surface area contributed by atoms with E-state index >= 15 is 0 Å². The lowest BCUT2D eigenvalue weighted by molar-refractivity contribution is 0.0465. The van der Waals surface area contributed by atoms with Gasteiger partial charge >= 0.3 is 6.09 Å². The minimum atomic E-state index is -0.690. The summed E-state index contributed by atoms with van der Waals surface area (Å²) >= 11 is 0. The fraction of sp³-hybridized carbons (Fsp3) is 0.870. The third kappa shape index (κ3) is 18.1. The molecule has 0 aliphatic carbocycles. The first-order valence-electron chi connectivity index (χ1n) is 11.1. The van der Waals surface area contributed by atoms with Crippen molar-refractivity contribution in [3.8, 4) is 0 Å². The van der Waals surface area contributed by atoms with Crippen molar-refractivity contribution >= 4 is 6.09 Å². The van der Waals surface area contributed by atoms with Crippen molar-refractivity contribution in [2.75, 3.05) is 0 Å². The minimum absolute atomic E-state index is 0.367. The van der Waals surface area contributed by atoms with Gasteiger partial charge in [0.1, 0.15) is 5.60 Å². The summed E-state index contributed by atoms with van der Waals surface area (Å²) in [5, 5.41) is 12.8. The Morgan fingerprint density at radius 3 is 1.93 bits per heavy atom. The van der Waals surface area contributed by atoms with Gasteiger partial charge in [-0.15, -0.1) is 0 Å². The first-order chi connectivity index (χ1) is 12.8. The van der Waals surface area contributed by atoms with Crippen LogP contribution >= 0.6 is 0 Å². The van der Waals surface area contributed by atoms with Gasteiger partial charge < -0.3 is 15.2 Å². The summed E-state index contributed by atoms with van der Waals surface area (Å²) in [4.78, 5) is 11.7. The van der Waals surface area contributed by atoms with Crippen molar-refractivity contribution in [3.63, 3.8) is 0 Å². The Labute approximate surface area is 168 Å². The van der Waals surface area contributed by atoms with Gasteiger partial charge in [-0.25, -0.2) is 4.79 Å². The van der Waals surface area contributed by atoms with Crippen molar-refractivity contribution in [2.45, 2.75) is 129 Å². The molecule has 4 heteroatoms. The Kier molecular flexibility index (Phi) is 15.4. The third-order valence-corrected chi connectivity index (χ3v) is 4.56. The highest BCUT2D eigenvalue weighted by atomic mass is 16.6. The zero-order valence-electron chi connectivity index (χ0n) is 18.6. The van der Waals surface area contributed by atoms with E-state index in [1.165, 1.54) is 64.2 Å². The Morgan fingerprint density at radius 2 is 1.44 bits per heavy atom. The Morgan fingerprint density at radius 1 is 0.963 bits per heavy atom. The molecule has 0 aliphatic heterocycles. The summed E-state index contributed by atoms with van der Waals surface area (Å²) in [5.74, 6) is 0. The second-order valence-corrected chi connectivity index (χ2v) is 8.68. The average Bonchev–Trinajstić information content (AvgIpc) is 2.57. The first-order valence-corrected chi connectivity index (χ1v) is 11.1. The zero-order valence-corrected chi connectivity index (χ0v) is 18.6. The molecule has 0 spiro atoms. The highest BCUT2D eigenvalue weighted by molar-refractivity contribution is 5.68. The van der Waals surface area contributed by atoms with Crippen LogP contribution in [-0.2, 0) is 4.74 Å². The number of nitrogens with one attached hydrogen (secondary N) is 1. The van der Waals surface area contributed by atoms with Crippen LogP contribution in [-0.4, -0.2) is 28.9 Å². The first kappa shape index (κ1) is 26.0. The number of aliphatic hydroxyl groups is 1. The molecular weight excluding hydrogens is 338 g/mol. The van der Waals surface area contributed by atoms with Crippen LogP contribution in [0, 0.1) is 0 Å². The highest BCUT2D eigenvalue weighted by Gasteiger charge is 2.19. The molecule has 0 aromatic heterocycles. The van der Waals surface area contributed by atoms with Crippen LogP contribution in [0.5, 0.6) is 0 Å². The van der Waals surface area contributed by atoms with Gasteiger partial charge in [0.05, 0.1) is 12.1 Å². The summed E-state index contributed by atoms with van der Waals surface area (Å²) < 4.78 is 5.20. The van der Waals surface area contributed by atoms with E-state index in [4.69, 9.17) is 4.74 Å². The molecule has 160 valence electrons. The normalized spacial score (nSPS) is 14.3. The van der Waals surface area contributed by atoms with E-state index in [1.807, 2.05) is 26.8 Å². The summed E-state index contributed by atoms with van der Waals surface area (Å²) in [5.41, 5.74) is -0.528. The molecule has 2 N–H and O–H groups in total. The van der Waals surface area contributed by atoms with Crippen LogP contribution < -0.4 is 5.32 Å². The molecule has 0 fully saturated rings. The number of aliphatic hydroxyl groups excluding tert-OH is 1. The number of unbranched alkanes of at least 4 members (excludes halogenated alkanes) is 11. The van der Waals surface area contributed by atoms with Gasteiger partial charge in [0.2, 0.25) is 0 Å². The topological polar surface area (TPSA) is 58.6 Å². The van der Waals surface area contributed by atoms with Crippen LogP contribution in [0.1, 0.15) is 112 Å². The number of alkyl carbamates (subject to hydrolysis) is 1. The average molecular weight is 384 g/mol. The van der Waals surface area contributed by atoms with Crippen LogP contribution in [0.2, 0.25) is 0 Å². The highest BCUT2D eigenvalue weighted by Crippen LogP contribution is 2.12.